The largest absolute Gasteiger partial charge is 0.477 e. The van der Waals surface area contributed by atoms with E-state index in [0.717, 1.165) is 6.08 Å². The summed E-state index contributed by atoms with van der Waals surface area (Å²) < 4.78 is 0. The topological polar surface area (TPSA) is 110 Å². The molecule has 0 rings (SSSR count). The van der Waals surface area contributed by atoms with E-state index in [1.54, 1.807) is 0 Å². The first-order valence-corrected chi connectivity index (χ1v) is 2.93. The maximum atomic E-state index is 10.3. The van der Waals surface area contributed by atoms with Crippen molar-refractivity contribution in [2.75, 3.05) is 7.05 Å². The van der Waals surface area contributed by atoms with Crippen molar-refractivity contribution in [3.63, 3.8) is 0 Å². The van der Waals surface area contributed by atoms with E-state index in [2.05, 4.69) is 5.32 Å². The van der Waals surface area contributed by atoms with Gasteiger partial charge >= 0.3 is 11.9 Å². The third-order valence-corrected chi connectivity index (χ3v) is 1.02. The molecule has 0 bridgehead atoms. The fraction of sp³-hybridized carbons (Fsp3) is 0.167. The number of hydrogen-bond acceptors (Lipinski definition) is 4. The molecular weight excluding hydrogens is 164 g/mol. The monoisotopic (exact) mass is 172 g/mol. The molecule has 0 spiro atoms. The van der Waals surface area contributed by atoms with Gasteiger partial charge in [0.25, 0.3) is 0 Å². The molecule has 0 aromatic rings. The molecule has 66 valence electrons. The van der Waals surface area contributed by atoms with Gasteiger partial charge in [-0.3, -0.25) is 5.41 Å². The summed E-state index contributed by atoms with van der Waals surface area (Å²) in [6, 6.07) is 0. The van der Waals surface area contributed by atoms with Crippen LogP contribution < -0.4 is 5.32 Å². The number of carbonyl (C=O) groups is 2. The lowest BCUT2D eigenvalue weighted by Gasteiger charge is -1.98. The van der Waals surface area contributed by atoms with Gasteiger partial charge in [0.1, 0.15) is 11.4 Å². The molecule has 6 heteroatoms. The van der Waals surface area contributed by atoms with Crippen molar-refractivity contribution in [1.82, 2.24) is 5.32 Å². The molecule has 0 aliphatic carbocycles. The van der Waals surface area contributed by atoms with Crippen LogP contribution in [0.25, 0.3) is 0 Å². The predicted octanol–water partition coefficient (Wildman–Crippen LogP) is -0.721. The van der Waals surface area contributed by atoms with Crippen molar-refractivity contribution >= 4 is 17.7 Å². The molecule has 4 N–H and O–H groups in total. The molecule has 0 atom stereocenters. The molecule has 0 heterocycles. The van der Waals surface area contributed by atoms with Crippen LogP contribution in [0.4, 0.5) is 0 Å². The highest BCUT2D eigenvalue weighted by atomic mass is 16.4. The van der Waals surface area contributed by atoms with Crippen LogP contribution in [0.1, 0.15) is 0 Å². The van der Waals surface area contributed by atoms with Gasteiger partial charge in [0.05, 0.1) is 0 Å². The molecule has 0 saturated heterocycles. The number of nitrogens with one attached hydrogen (secondary N) is 2. The zero-order valence-corrected chi connectivity index (χ0v) is 6.29. The number of hydrogen-bond donors (Lipinski definition) is 4. The first-order valence-electron chi connectivity index (χ1n) is 2.93. The fourth-order valence-corrected chi connectivity index (χ4v) is 0.447. The molecule has 0 radical (unpaired) electrons. The molecule has 12 heavy (non-hydrogen) atoms. The van der Waals surface area contributed by atoms with Gasteiger partial charge in [0, 0.05) is 13.1 Å². The Labute approximate surface area is 68.0 Å². The van der Waals surface area contributed by atoms with E-state index in [0.29, 0.717) is 0 Å². The van der Waals surface area contributed by atoms with E-state index in [1.165, 1.54) is 7.05 Å². The Hall–Kier alpha value is -1.85. The summed E-state index contributed by atoms with van der Waals surface area (Å²) in [5, 5.41) is 25.6. The van der Waals surface area contributed by atoms with E-state index >= 15 is 0 Å². The van der Waals surface area contributed by atoms with Crippen molar-refractivity contribution in [3.05, 3.63) is 11.8 Å². The summed E-state index contributed by atoms with van der Waals surface area (Å²) in [6.07, 6.45) is 0.727. The summed E-state index contributed by atoms with van der Waals surface area (Å²) >= 11 is 0. The van der Waals surface area contributed by atoms with Gasteiger partial charge in [0.15, 0.2) is 0 Å². The van der Waals surface area contributed by atoms with Crippen molar-refractivity contribution in [3.8, 4) is 0 Å². The van der Waals surface area contributed by atoms with Crippen LogP contribution in [-0.4, -0.2) is 34.9 Å². The molecule has 0 unspecified atom stereocenters. The van der Waals surface area contributed by atoms with Crippen LogP contribution in [-0.2, 0) is 9.59 Å². The second-order valence-corrected chi connectivity index (χ2v) is 1.83. The van der Waals surface area contributed by atoms with Crippen LogP contribution in [0, 0.1) is 5.41 Å². The first-order chi connectivity index (χ1) is 5.49. The molecule has 0 aliphatic heterocycles. The standard InChI is InChI=1S/C6H8N2O4/c1-8-4(6(11)12)2-3(7)5(9)10/h2,7-8H,1H3,(H,9,10)(H,11,12)/b4-2-,7-3?. The van der Waals surface area contributed by atoms with Gasteiger partial charge in [-0.15, -0.1) is 0 Å². The minimum Gasteiger partial charge on any atom is -0.477 e. The Morgan fingerprint density at radius 1 is 1.33 bits per heavy atom. The molecule has 0 fully saturated rings. The maximum Gasteiger partial charge on any atom is 0.353 e. The summed E-state index contributed by atoms with van der Waals surface area (Å²) in [6.45, 7) is 0. The number of carboxylic acids is 2. The van der Waals surface area contributed by atoms with Gasteiger partial charge in [-0.1, -0.05) is 0 Å². The molecule has 0 amide bonds. The van der Waals surface area contributed by atoms with Crippen molar-refractivity contribution in [2.24, 2.45) is 0 Å². The van der Waals surface area contributed by atoms with E-state index in [-0.39, 0.29) is 5.70 Å². The zero-order chi connectivity index (χ0) is 9.72. The highest BCUT2D eigenvalue weighted by Crippen LogP contribution is 1.89. The van der Waals surface area contributed by atoms with Gasteiger partial charge in [-0.25, -0.2) is 9.59 Å². The molecule has 0 aliphatic rings. The summed E-state index contributed by atoms with van der Waals surface area (Å²) in [5.41, 5.74) is -1.11. The van der Waals surface area contributed by atoms with Crippen molar-refractivity contribution < 1.29 is 19.8 Å². The highest BCUT2D eigenvalue weighted by molar-refractivity contribution is 6.39. The Bertz CT molecular complexity index is 256. The first kappa shape index (κ1) is 10.2. The van der Waals surface area contributed by atoms with Crippen LogP contribution in [0.5, 0.6) is 0 Å². The fourth-order valence-electron chi connectivity index (χ4n) is 0.447. The van der Waals surface area contributed by atoms with Crippen LogP contribution in [0.3, 0.4) is 0 Å². The smallest absolute Gasteiger partial charge is 0.353 e. The lowest BCUT2D eigenvalue weighted by Crippen LogP contribution is -2.19. The average Bonchev–Trinajstić information content (AvgIpc) is 1.98. The molecule has 0 aromatic carbocycles. The Balaban J connectivity index is 4.61. The molecule has 6 nitrogen and oxygen atoms in total. The molecule has 0 aromatic heterocycles. The Morgan fingerprint density at radius 3 is 2.08 bits per heavy atom. The van der Waals surface area contributed by atoms with Gasteiger partial charge in [-0.2, -0.15) is 0 Å². The highest BCUT2D eigenvalue weighted by Gasteiger charge is 2.09. The number of carboxylic acid groups (broad SMARTS) is 2. The minimum atomic E-state index is -1.47. The SMILES string of the molecule is CN/C(=C\C(=N)C(=O)O)C(=O)O. The number of rotatable bonds is 4. The maximum absolute atomic E-state index is 10.3. The number of aliphatic carboxylic acids is 2. The van der Waals surface area contributed by atoms with Gasteiger partial charge in [-0.05, 0) is 0 Å². The van der Waals surface area contributed by atoms with Crippen molar-refractivity contribution in [2.45, 2.75) is 0 Å². The van der Waals surface area contributed by atoms with E-state index in [1.807, 2.05) is 0 Å². The zero-order valence-electron chi connectivity index (χ0n) is 6.29. The molecule has 0 saturated carbocycles. The van der Waals surface area contributed by atoms with Gasteiger partial charge < -0.3 is 15.5 Å². The summed E-state index contributed by atoms with van der Waals surface area (Å²) in [4.78, 5) is 20.4. The lowest BCUT2D eigenvalue weighted by atomic mass is 10.3. The van der Waals surface area contributed by atoms with E-state index in [9.17, 15) is 9.59 Å². The third-order valence-electron chi connectivity index (χ3n) is 1.02. The van der Waals surface area contributed by atoms with Crippen molar-refractivity contribution in [1.29, 1.82) is 5.41 Å². The third kappa shape index (κ3) is 2.82. The summed E-state index contributed by atoms with van der Waals surface area (Å²) in [7, 11) is 1.33. The second kappa shape index (κ2) is 4.12. The molecular formula is C6H8N2O4. The minimum absolute atomic E-state index is 0.331. The lowest BCUT2D eigenvalue weighted by molar-refractivity contribution is -0.133. The van der Waals surface area contributed by atoms with E-state index in [4.69, 9.17) is 15.6 Å². The normalized spacial score (nSPS) is 10.6. The Kier molecular flexibility index (Phi) is 3.48. The quantitative estimate of drug-likeness (QED) is 0.330. The second-order valence-electron chi connectivity index (χ2n) is 1.83. The number of likely N-dealkylation sites (N-methyl/N-ethyl adjacent to an activating group) is 1. The van der Waals surface area contributed by atoms with Crippen LogP contribution >= 0.6 is 0 Å². The summed E-state index contributed by atoms with van der Waals surface area (Å²) in [5.74, 6) is -2.77. The van der Waals surface area contributed by atoms with Crippen LogP contribution in [0.15, 0.2) is 11.8 Å². The van der Waals surface area contributed by atoms with Crippen LogP contribution in [0.2, 0.25) is 0 Å². The predicted molar refractivity (Wildman–Crippen MR) is 40.1 cm³/mol. The van der Waals surface area contributed by atoms with Gasteiger partial charge in [0.2, 0.25) is 0 Å². The Morgan fingerprint density at radius 2 is 1.83 bits per heavy atom. The van der Waals surface area contributed by atoms with E-state index < -0.39 is 17.7 Å². The average molecular weight is 172 g/mol.